The molecule has 0 fully saturated rings. The van der Waals surface area contributed by atoms with Gasteiger partial charge in [-0.15, -0.1) is 0 Å². The van der Waals surface area contributed by atoms with E-state index in [0.29, 0.717) is 17.1 Å². The summed E-state index contributed by atoms with van der Waals surface area (Å²) in [5.41, 5.74) is 6.15. The molecule has 0 saturated heterocycles. The van der Waals surface area contributed by atoms with E-state index in [2.05, 4.69) is 10.3 Å². The topological polar surface area (TPSA) is 107 Å². The highest BCUT2D eigenvalue weighted by Crippen LogP contribution is 2.35. The molecule has 0 bridgehead atoms. The second kappa shape index (κ2) is 8.60. The Morgan fingerprint density at radius 3 is 2.46 bits per heavy atom. The van der Waals surface area contributed by atoms with Crippen LogP contribution < -0.4 is 20.7 Å². The molecule has 0 radical (unpaired) electrons. The van der Waals surface area contributed by atoms with Gasteiger partial charge in [0.25, 0.3) is 5.91 Å². The number of hydrogen-bond donors (Lipinski definition) is 2. The number of aromatic nitrogens is 1. The van der Waals surface area contributed by atoms with Crippen molar-refractivity contribution in [1.82, 2.24) is 10.3 Å². The second-order valence-electron chi connectivity index (χ2n) is 7.13. The van der Waals surface area contributed by atoms with E-state index in [1.807, 2.05) is 0 Å². The van der Waals surface area contributed by atoms with Crippen LogP contribution >= 0.6 is 0 Å². The van der Waals surface area contributed by atoms with Crippen LogP contribution in [0.25, 0.3) is 0 Å². The van der Waals surface area contributed by atoms with Crippen LogP contribution in [0.1, 0.15) is 27.7 Å². The molecule has 2 rings (SSSR count). The predicted octanol–water partition coefficient (Wildman–Crippen LogP) is 3.25. The summed E-state index contributed by atoms with van der Waals surface area (Å²) >= 11 is 0. The number of amides is 2. The zero-order valence-electron chi connectivity index (χ0n) is 16.7. The summed E-state index contributed by atoms with van der Waals surface area (Å²) in [6, 6.07) is 9.40. The average Bonchev–Trinajstić information content (AvgIpc) is 2.62. The summed E-state index contributed by atoms with van der Waals surface area (Å²) < 4.78 is 10.6. The molecule has 0 saturated carbocycles. The molecule has 0 aliphatic heterocycles. The van der Waals surface area contributed by atoms with Gasteiger partial charge >= 0.3 is 6.09 Å². The summed E-state index contributed by atoms with van der Waals surface area (Å²) in [5.74, 6) is 0.265. The Morgan fingerprint density at radius 2 is 1.86 bits per heavy atom. The zero-order valence-corrected chi connectivity index (χ0v) is 16.7. The minimum Gasteiger partial charge on any atom is -0.495 e. The number of hydrogen-bond acceptors (Lipinski definition) is 6. The molecule has 2 aromatic rings. The Kier molecular flexibility index (Phi) is 6.45. The quantitative estimate of drug-likeness (QED) is 0.817. The number of benzene rings is 1. The maximum Gasteiger partial charge on any atom is 0.408 e. The maximum absolute atomic E-state index is 13.3. The van der Waals surface area contributed by atoms with Crippen molar-refractivity contribution in [3.05, 3.63) is 42.6 Å². The third-order valence-corrected chi connectivity index (χ3v) is 3.68. The predicted molar refractivity (Wildman–Crippen MR) is 108 cm³/mol. The normalized spacial score (nSPS) is 12.0. The lowest BCUT2D eigenvalue weighted by molar-refractivity contribution is -0.119. The number of carbonyl (C=O) groups excluding carboxylic acids is 2. The summed E-state index contributed by atoms with van der Waals surface area (Å²) in [5, 5.41) is 2.55. The van der Waals surface area contributed by atoms with Crippen molar-refractivity contribution in [2.75, 3.05) is 17.7 Å². The van der Waals surface area contributed by atoms with Gasteiger partial charge in [0.1, 0.15) is 17.4 Å². The molecular formula is C20H26N4O4. The first kappa shape index (κ1) is 21.0. The summed E-state index contributed by atoms with van der Waals surface area (Å²) in [6.45, 7) is 6.80. The Morgan fingerprint density at radius 1 is 1.18 bits per heavy atom. The number of methoxy groups -OCH3 is 1. The highest BCUT2D eigenvalue weighted by Gasteiger charge is 2.30. The largest absolute Gasteiger partial charge is 0.495 e. The van der Waals surface area contributed by atoms with Gasteiger partial charge in [-0.05, 0) is 52.0 Å². The molecule has 3 N–H and O–H groups in total. The van der Waals surface area contributed by atoms with E-state index in [1.54, 1.807) is 64.1 Å². The monoisotopic (exact) mass is 386 g/mol. The molecule has 1 aromatic carbocycles. The van der Waals surface area contributed by atoms with Gasteiger partial charge in [0, 0.05) is 6.20 Å². The van der Waals surface area contributed by atoms with E-state index in [1.165, 1.54) is 18.2 Å². The van der Waals surface area contributed by atoms with E-state index in [0.717, 1.165) is 0 Å². The number of pyridine rings is 1. The summed E-state index contributed by atoms with van der Waals surface area (Å²) in [6.07, 6.45) is 0.843. The molecule has 8 heteroatoms. The molecule has 28 heavy (non-hydrogen) atoms. The van der Waals surface area contributed by atoms with E-state index in [-0.39, 0.29) is 5.82 Å². The lowest BCUT2D eigenvalue weighted by Gasteiger charge is -2.28. The van der Waals surface area contributed by atoms with Gasteiger partial charge in [0.15, 0.2) is 5.82 Å². The lowest BCUT2D eigenvalue weighted by Crippen LogP contribution is -2.47. The molecule has 0 spiro atoms. The third kappa shape index (κ3) is 5.12. The van der Waals surface area contributed by atoms with Crippen molar-refractivity contribution in [3.63, 3.8) is 0 Å². The summed E-state index contributed by atoms with van der Waals surface area (Å²) in [4.78, 5) is 30.9. The van der Waals surface area contributed by atoms with Crippen LogP contribution in [0.2, 0.25) is 0 Å². The van der Waals surface area contributed by atoms with Crippen LogP contribution in [0.3, 0.4) is 0 Å². The smallest absolute Gasteiger partial charge is 0.408 e. The number of nitrogens with one attached hydrogen (secondary N) is 1. The standard InChI is InChI=1S/C20H26N4O4/c1-13(23-19(26)28-20(2,3)4)18(25)24(17-14(21)9-8-12-22-17)15-10-6-7-11-16(15)27-5/h6-13H,21H2,1-5H3,(H,23,26)/t13-/m0/s1. The number of nitrogen functional groups attached to an aromatic ring is 1. The fraction of sp³-hybridized carbons (Fsp3) is 0.350. The van der Waals surface area contributed by atoms with Gasteiger partial charge in [0.2, 0.25) is 0 Å². The average molecular weight is 386 g/mol. The zero-order chi connectivity index (χ0) is 20.9. The minimum atomic E-state index is -0.902. The molecule has 2 amide bonds. The molecular weight excluding hydrogens is 360 g/mol. The van der Waals surface area contributed by atoms with Crippen LogP contribution in [0.4, 0.5) is 22.0 Å². The van der Waals surface area contributed by atoms with Crippen molar-refractivity contribution in [2.45, 2.75) is 39.3 Å². The Bertz CT molecular complexity index is 848. The van der Waals surface area contributed by atoms with E-state index < -0.39 is 23.6 Å². The first-order chi connectivity index (χ1) is 13.1. The van der Waals surface area contributed by atoms with Crippen LogP contribution in [-0.4, -0.2) is 35.7 Å². The molecule has 1 heterocycles. The highest BCUT2D eigenvalue weighted by atomic mass is 16.6. The summed E-state index contributed by atoms with van der Waals surface area (Å²) in [7, 11) is 1.51. The molecule has 0 unspecified atom stereocenters. The van der Waals surface area contributed by atoms with Crippen molar-refractivity contribution in [2.24, 2.45) is 0 Å². The van der Waals surface area contributed by atoms with Crippen molar-refractivity contribution in [3.8, 4) is 5.75 Å². The number of nitrogens with zero attached hydrogens (tertiary/aromatic N) is 2. The number of anilines is 3. The van der Waals surface area contributed by atoms with E-state index >= 15 is 0 Å². The number of carbonyl (C=O) groups is 2. The van der Waals surface area contributed by atoms with E-state index in [9.17, 15) is 9.59 Å². The molecule has 0 aliphatic rings. The molecule has 8 nitrogen and oxygen atoms in total. The van der Waals surface area contributed by atoms with Crippen molar-refractivity contribution >= 4 is 29.2 Å². The van der Waals surface area contributed by atoms with Gasteiger partial charge < -0.3 is 20.5 Å². The first-order valence-electron chi connectivity index (χ1n) is 8.81. The van der Waals surface area contributed by atoms with Crippen molar-refractivity contribution < 1.29 is 19.1 Å². The van der Waals surface area contributed by atoms with Crippen LogP contribution in [0.15, 0.2) is 42.6 Å². The first-order valence-corrected chi connectivity index (χ1v) is 8.81. The Labute approximate surface area is 164 Å². The minimum absolute atomic E-state index is 0.245. The number of para-hydroxylation sites is 2. The SMILES string of the molecule is COc1ccccc1N(C(=O)[C@H](C)NC(=O)OC(C)(C)C)c1ncccc1N. The van der Waals surface area contributed by atoms with Gasteiger partial charge in [-0.2, -0.15) is 0 Å². The molecule has 1 aromatic heterocycles. The number of alkyl carbamates (subject to hydrolysis) is 1. The Balaban J connectivity index is 2.41. The molecule has 0 aliphatic carbocycles. The van der Waals surface area contributed by atoms with Gasteiger partial charge in [-0.3, -0.25) is 9.69 Å². The third-order valence-electron chi connectivity index (χ3n) is 3.68. The van der Waals surface area contributed by atoms with Crippen LogP contribution in [0.5, 0.6) is 5.75 Å². The fourth-order valence-electron chi connectivity index (χ4n) is 2.49. The van der Waals surface area contributed by atoms with Gasteiger partial charge in [0.05, 0.1) is 18.5 Å². The van der Waals surface area contributed by atoms with E-state index in [4.69, 9.17) is 15.2 Å². The number of rotatable bonds is 5. The lowest BCUT2D eigenvalue weighted by atomic mass is 10.2. The second-order valence-corrected chi connectivity index (χ2v) is 7.13. The molecule has 1 atom stereocenters. The fourth-order valence-corrected chi connectivity index (χ4v) is 2.49. The molecule has 150 valence electrons. The van der Waals surface area contributed by atoms with Crippen LogP contribution in [-0.2, 0) is 9.53 Å². The van der Waals surface area contributed by atoms with Crippen LogP contribution in [0, 0.1) is 0 Å². The Hall–Kier alpha value is -3.29. The number of nitrogens with two attached hydrogens (primary N) is 1. The highest BCUT2D eigenvalue weighted by molar-refractivity contribution is 6.06. The maximum atomic E-state index is 13.3. The number of ether oxygens (including phenoxy) is 2. The van der Waals surface area contributed by atoms with Gasteiger partial charge in [-0.25, -0.2) is 9.78 Å². The van der Waals surface area contributed by atoms with Gasteiger partial charge in [-0.1, -0.05) is 12.1 Å². The van der Waals surface area contributed by atoms with Crippen molar-refractivity contribution in [1.29, 1.82) is 0 Å².